The van der Waals surface area contributed by atoms with Crippen LogP contribution in [0.2, 0.25) is 0 Å². The third kappa shape index (κ3) is 4.14. The first-order chi connectivity index (χ1) is 17.9. The first-order valence-corrected chi connectivity index (χ1v) is 12.0. The summed E-state index contributed by atoms with van der Waals surface area (Å²) in [5, 5.41) is 3.16. The van der Waals surface area contributed by atoms with Crippen molar-refractivity contribution < 1.29 is 4.79 Å². The summed E-state index contributed by atoms with van der Waals surface area (Å²) in [6.07, 6.45) is 3.50. The molecule has 0 radical (unpaired) electrons. The van der Waals surface area contributed by atoms with Gasteiger partial charge < -0.3 is 10.3 Å². The van der Waals surface area contributed by atoms with E-state index in [4.69, 9.17) is 4.98 Å². The van der Waals surface area contributed by atoms with Crippen LogP contribution in [-0.2, 0) is 6.54 Å². The Kier molecular flexibility index (Phi) is 5.33. The molecule has 4 heterocycles. The fourth-order valence-corrected chi connectivity index (χ4v) is 4.54. The van der Waals surface area contributed by atoms with Crippen LogP contribution in [0.15, 0.2) is 60.9 Å². The summed E-state index contributed by atoms with van der Waals surface area (Å²) >= 11 is 0. The van der Waals surface area contributed by atoms with Crippen LogP contribution in [0.5, 0.6) is 0 Å². The second-order valence-electron chi connectivity index (χ2n) is 9.39. The third-order valence-corrected chi connectivity index (χ3v) is 6.58. The topological polar surface area (TPSA) is 103 Å². The molecule has 3 aromatic heterocycles. The van der Waals surface area contributed by atoms with E-state index >= 15 is 0 Å². The molecule has 0 saturated carbocycles. The maximum absolute atomic E-state index is 13.5. The zero-order chi connectivity index (χ0) is 25.7. The van der Waals surface area contributed by atoms with Crippen molar-refractivity contribution in [2.45, 2.75) is 27.3 Å². The smallest absolute Gasteiger partial charge is 0.330 e. The van der Waals surface area contributed by atoms with Gasteiger partial charge in [0.25, 0.3) is 0 Å². The minimum absolute atomic E-state index is 0.158. The Labute approximate surface area is 214 Å². The minimum atomic E-state index is -0.158. The van der Waals surface area contributed by atoms with E-state index < -0.39 is 0 Å². The van der Waals surface area contributed by atoms with Crippen LogP contribution in [0.4, 0.5) is 27.9 Å². The highest BCUT2D eigenvalue weighted by Crippen LogP contribution is 2.34. The summed E-state index contributed by atoms with van der Waals surface area (Å²) in [7, 11) is 1.73. The Morgan fingerprint density at radius 1 is 0.946 bits per heavy atom. The number of fused-ring (bicyclic) bond motifs is 2. The first-order valence-electron chi connectivity index (χ1n) is 12.0. The van der Waals surface area contributed by atoms with Crippen molar-refractivity contribution >= 4 is 40.2 Å². The molecule has 6 rings (SSSR count). The van der Waals surface area contributed by atoms with Gasteiger partial charge in [-0.25, -0.2) is 14.8 Å². The molecule has 0 aliphatic carbocycles. The molecule has 2 aromatic carbocycles. The van der Waals surface area contributed by atoms with Gasteiger partial charge in [-0.05, 0) is 62.2 Å². The molecule has 1 aliphatic rings. The molecule has 0 unspecified atom stereocenters. The van der Waals surface area contributed by atoms with Crippen molar-refractivity contribution in [2.75, 3.05) is 22.2 Å². The molecule has 184 valence electrons. The third-order valence-electron chi connectivity index (χ3n) is 6.58. The number of anilines is 4. The van der Waals surface area contributed by atoms with E-state index in [1.807, 2.05) is 56.3 Å². The first kappa shape index (κ1) is 22.7. The summed E-state index contributed by atoms with van der Waals surface area (Å²) in [6.45, 7) is 6.36. The fourth-order valence-electron chi connectivity index (χ4n) is 4.54. The Hall–Kier alpha value is -4.79. The largest absolute Gasteiger partial charge is 0.338 e. The Balaban J connectivity index is 1.32. The molecule has 2 amide bonds. The Morgan fingerprint density at radius 3 is 2.62 bits per heavy atom. The van der Waals surface area contributed by atoms with Crippen LogP contribution >= 0.6 is 0 Å². The normalized spacial score (nSPS) is 13.2. The second-order valence-corrected chi connectivity index (χ2v) is 9.39. The van der Waals surface area contributed by atoms with Crippen molar-refractivity contribution in [1.82, 2.24) is 24.9 Å². The highest BCUT2D eigenvalue weighted by Gasteiger charge is 2.31. The van der Waals surface area contributed by atoms with Crippen LogP contribution < -0.4 is 15.1 Å². The second kappa shape index (κ2) is 8.70. The monoisotopic (exact) mass is 490 g/mol. The lowest BCUT2D eigenvalue weighted by molar-refractivity contribution is 0.251. The van der Waals surface area contributed by atoms with Crippen LogP contribution in [-0.4, -0.2) is 38.0 Å². The SMILES string of the molecule is Cc1ccc2nc(-c3ccc(C)c(N4Cc5cnc(Nc6ccc(C)nc6)nc5N(C)C4=O)c3)[nH]c2c1. The van der Waals surface area contributed by atoms with Gasteiger partial charge in [0.05, 0.1) is 29.5 Å². The van der Waals surface area contributed by atoms with E-state index in [0.29, 0.717) is 18.3 Å². The summed E-state index contributed by atoms with van der Waals surface area (Å²) in [5.41, 5.74) is 8.37. The van der Waals surface area contributed by atoms with Gasteiger partial charge >= 0.3 is 6.03 Å². The molecule has 0 saturated heterocycles. The number of nitrogens with zero attached hydrogens (tertiary/aromatic N) is 6. The number of benzene rings is 2. The lowest BCUT2D eigenvalue weighted by Gasteiger charge is -2.35. The van der Waals surface area contributed by atoms with E-state index in [9.17, 15) is 4.79 Å². The predicted molar refractivity (Wildman–Crippen MR) is 145 cm³/mol. The standard InChI is InChI=1S/C28H26N8O/c1-16-5-10-22-23(11-16)33-25(32-22)19-8-6-17(2)24(12-19)36-15-20-13-30-27(34-26(20)35(4)28(36)37)31-21-9-7-18(3)29-14-21/h5-14H,15H2,1-4H3,(H,32,33)(H,30,31,34). The van der Waals surface area contributed by atoms with Gasteiger partial charge in [-0.3, -0.25) is 14.8 Å². The number of rotatable bonds is 4. The van der Waals surface area contributed by atoms with E-state index in [0.717, 1.165) is 50.6 Å². The summed E-state index contributed by atoms with van der Waals surface area (Å²) in [4.78, 5) is 38.4. The quantitative estimate of drug-likeness (QED) is 0.337. The molecule has 0 atom stereocenters. The van der Waals surface area contributed by atoms with Crippen LogP contribution in [0.25, 0.3) is 22.4 Å². The van der Waals surface area contributed by atoms with Crippen molar-refractivity contribution in [3.05, 3.63) is 83.3 Å². The van der Waals surface area contributed by atoms with Gasteiger partial charge in [0.2, 0.25) is 5.95 Å². The van der Waals surface area contributed by atoms with Gasteiger partial charge in [-0.15, -0.1) is 0 Å². The number of urea groups is 1. The highest BCUT2D eigenvalue weighted by molar-refractivity contribution is 6.05. The van der Waals surface area contributed by atoms with Gasteiger partial charge in [-0.2, -0.15) is 4.98 Å². The number of aromatic nitrogens is 5. The van der Waals surface area contributed by atoms with Crippen LogP contribution in [0, 0.1) is 20.8 Å². The van der Waals surface area contributed by atoms with Crippen LogP contribution in [0.3, 0.4) is 0 Å². The predicted octanol–water partition coefficient (Wildman–Crippen LogP) is 5.66. The maximum atomic E-state index is 13.5. The summed E-state index contributed by atoms with van der Waals surface area (Å²) in [6, 6.07) is 15.9. The summed E-state index contributed by atoms with van der Waals surface area (Å²) in [5.74, 6) is 1.76. The number of nitrogens with one attached hydrogen (secondary N) is 2. The maximum Gasteiger partial charge on any atom is 0.330 e. The van der Waals surface area contributed by atoms with Crippen molar-refractivity contribution in [1.29, 1.82) is 0 Å². The number of imidazole rings is 1. The number of aromatic amines is 1. The Morgan fingerprint density at radius 2 is 1.81 bits per heavy atom. The average molecular weight is 491 g/mol. The number of pyridine rings is 1. The van der Waals surface area contributed by atoms with Gasteiger partial charge in [0.15, 0.2) is 0 Å². The highest BCUT2D eigenvalue weighted by atomic mass is 16.2. The van der Waals surface area contributed by atoms with E-state index in [-0.39, 0.29) is 6.03 Å². The Bertz CT molecular complexity index is 1660. The molecule has 0 fully saturated rings. The molecule has 1 aliphatic heterocycles. The minimum Gasteiger partial charge on any atom is -0.338 e. The summed E-state index contributed by atoms with van der Waals surface area (Å²) < 4.78 is 0. The average Bonchev–Trinajstić information content (AvgIpc) is 3.31. The lowest BCUT2D eigenvalue weighted by Crippen LogP contribution is -2.46. The number of aryl methyl sites for hydroxylation is 3. The van der Waals surface area contributed by atoms with E-state index in [1.54, 1.807) is 29.2 Å². The number of carbonyl (C=O) groups excluding carboxylic acids is 1. The fraction of sp³-hybridized carbons (Fsp3) is 0.179. The molecule has 2 N–H and O–H groups in total. The lowest BCUT2D eigenvalue weighted by atomic mass is 10.1. The molecule has 0 spiro atoms. The number of H-pyrrole nitrogens is 1. The van der Waals surface area contributed by atoms with Gasteiger partial charge in [0.1, 0.15) is 11.6 Å². The van der Waals surface area contributed by atoms with E-state index in [1.165, 1.54) is 5.56 Å². The zero-order valence-electron chi connectivity index (χ0n) is 21.1. The van der Waals surface area contributed by atoms with Crippen molar-refractivity contribution in [3.63, 3.8) is 0 Å². The van der Waals surface area contributed by atoms with Gasteiger partial charge in [-0.1, -0.05) is 18.2 Å². The molecule has 5 aromatic rings. The molecular weight excluding hydrogens is 464 g/mol. The molecule has 9 nitrogen and oxygen atoms in total. The van der Waals surface area contributed by atoms with Crippen molar-refractivity contribution in [3.8, 4) is 11.4 Å². The number of hydrogen-bond donors (Lipinski definition) is 2. The van der Waals surface area contributed by atoms with Crippen molar-refractivity contribution in [2.24, 2.45) is 0 Å². The van der Waals surface area contributed by atoms with E-state index in [2.05, 4.69) is 38.2 Å². The number of amides is 2. The molecular formula is C28H26N8O. The zero-order valence-corrected chi connectivity index (χ0v) is 21.1. The van der Waals surface area contributed by atoms with Crippen LogP contribution in [0.1, 0.15) is 22.4 Å². The number of hydrogen-bond acceptors (Lipinski definition) is 6. The number of carbonyl (C=O) groups is 1. The van der Waals surface area contributed by atoms with Gasteiger partial charge in [0, 0.05) is 35.8 Å². The molecule has 0 bridgehead atoms. The molecule has 37 heavy (non-hydrogen) atoms. The molecule has 9 heteroatoms.